The predicted molar refractivity (Wildman–Crippen MR) is 57.1 cm³/mol. The summed E-state index contributed by atoms with van der Waals surface area (Å²) in [5, 5.41) is 19.0. The maximum absolute atomic E-state index is 9.79. The van der Waals surface area contributed by atoms with E-state index in [0.29, 0.717) is 6.42 Å². The molecule has 0 saturated carbocycles. The van der Waals surface area contributed by atoms with Crippen molar-refractivity contribution in [3.8, 4) is 0 Å². The maximum Gasteiger partial charge on any atom is 0.0840 e. The lowest BCUT2D eigenvalue weighted by Gasteiger charge is -2.18. The molecule has 0 radical (unpaired) electrons. The van der Waals surface area contributed by atoms with Gasteiger partial charge in [-0.2, -0.15) is 0 Å². The van der Waals surface area contributed by atoms with E-state index in [1.165, 1.54) is 0 Å². The third-order valence-electron chi connectivity index (χ3n) is 2.16. The van der Waals surface area contributed by atoms with E-state index in [2.05, 4.69) is 0 Å². The van der Waals surface area contributed by atoms with Crippen molar-refractivity contribution < 1.29 is 10.2 Å². The molecule has 14 heavy (non-hydrogen) atoms. The summed E-state index contributed by atoms with van der Waals surface area (Å²) in [5.74, 6) is 0. The molecule has 0 saturated heterocycles. The van der Waals surface area contributed by atoms with Crippen LogP contribution in [0.5, 0.6) is 0 Å². The molecule has 78 valence electrons. The van der Waals surface area contributed by atoms with E-state index in [1.807, 2.05) is 24.3 Å². The molecule has 0 aliphatic carbocycles. The molecule has 0 fully saturated rings. The van der Waals surface area contributed by atoms with E-state index in [0.717, 1.165) is 11.1 Å². The number of aliphatic hydroxyl groups is 2. The second-order valence-corrected chi connectivity index (χ2v) is 4.31. The van der Waals surface area contributed by atoms with Gasteiger partial charge in [0.05, 0.1) is 11.7 Å². The second kappa shape index (κ2) is 4.11. The summed E-state index contributed by atoms with van der Waals surface area (Å²) in [6.45, 7) is 5.28. The van der Waals surface area contributed by atoms with Gasteiger partial charge >= 0.3 is 0 Å². The zero-order valence-corrected chi connectivity index (χ0v) is 8.99. The highest BCUT2D eigenvalue weighted by molar-refractivity contribution is 5.27. The summed E-state index contributed by atoms with van der Waals surface area (Å²) in [6, 6.07) is 7.70. The molecule has 0 heterocycles. The van der Waals surface area contributed by atoms with Gasteiger partial charge in [-0.1, -0.05) is 24.3 Å². The molecule has 2 nitrogen and oxygen atoms in total. The van der Waals surface area contributed by atoms with Crippen LogP contribution in [0.2, 0.25) is 0 Å². The van der Waals surface area contributed by atoms with Crippen molar-refractivity contribution in [3.63, 3.8) is 0 Å². The first kappa shape index (κ1) is 11.2. The van der Waals surface area contributed by atoms with Crippen molar-refractivity contribution in [2.75, 3.05) is 0 Å². The molecular weight excluding hydrogens is 176 g/mol. The Kier molecular flexibility index (Phi) is 3.29. The second-order valence-electron chi connectivity index (χ2n) is 4.31. The van der Waals surface area contributed by atoms with Crippen molar-refractivity contribution in [3.05, 3.63) is 35.4 Å². The molecule has 0 aliphatic rings. The zero-order valence-electron chi connectivity index (χ0n) is 8.99. The van der Waals surface area contributed by atoms with Crippen molar-refractivity contribution in [2.24, 2.45) is 0 Å². The van der Waals surface area contributed by atoms with Crippen LogP contribution in [0.4, 0.5) is 0 Å². The van der Waals surface area contributed by atoms with E-state index in [9.17, 15) is 10.2 Å². The van der Waals surface area contributed by atoms with Crippen LogP contribution in [0.25, 0.3) is 0 Å². The van der Waals surface area contributed by atoms with Gasteiger partial charge < -0.3 is 10.2 Å². The lowest BCUT2D eigenvalue weighted by molar-refractivity contribution is 0.0784. The van der Waals surface area contributed by atoms with Gasteiger partial charge in [0.1, 0.15) is 0 Å². The van der Waals surface area contributed by atoms with Crippen molar-refractivity contribution in [1.82, 2.24) is 0 Å². The van der Waals surface area contributed by atoms with Gasteiger partial charge in [-0.25, -0.2) is 0 Å². The van der Waals surface area contributed by atoms with Crippen LogP contribution < -0.4 is 0 Å². The zero-order chi connectivity index (χ0) is 10.8. The fraction of sp³-hybridized carbons (Fsp3) is 0.500. The molecule has 1 aromatic carbocycles. The largest absolute Gasteiger partial charge is 0.393 e. The van der Waals surface area contributed by atoms with E-state index < -0.39 is 5.60 Å². The Morgan fingerprint density at radius 3 is 2.50 bits per heavy atom. The molecule has 0 bridgehead atoms. The Bertz CT molecular complexity index is 297. The molecule has 2 heteroatoms. The van der Waals surface area contributed by atoms with Gasteiger partial charge in [0.15, 0.2) is 0 Å². The summed E-state index contributed by atoms with van der Waals surface area (Å²) in [5.41, 5.74) is 1.13. The van der Waals surface area contributed by atoms with Crippen molar-refractivity contribution in [1.29, 1.82) is 0 Å². The molecule has 1 unspecified atom stereocenters. The first-order valence-corrected chi connectivity index (χ1v) is 4.89. The highest BCUT2D eigenvalue weighted by atomic mass is 16.3. The molecule has 0 amide bonds. The highest BCUT2D eigenvalue weighted by Crippen LogP contribution is 2.20. The van der Waals surface area contributed by atoms with E-state index in [4.69, 9.17) is 0 Å². The minimum Gasteiger partial charge on any atom is -0.393 e. The Morgan fingerprint density at radius 2 is 2.00 bits per heavy atom. The highest BCUT2D eigenvalue weighted by Gasteiger charge is 2.15. The Morgan fingerprint density at radius 1 is 1.36 bits per heavy atom. The molecule has 2 N–H and O–H groups in total. The van der Waals surface area contributed by atoms with E-state index >= 15 is 0 Å². The van der Waals surface area contributed by atoms with Crippen molar-refractivity contribution >= 4 is 0 Å². The van der Waals surface area contributed by atoms with Crippen LogP contribution in [0.3, 0.4) is 0 Å². The van der Waals surface area contributed by atoms with Crippen LogP contribution in [0.1, 0.15) is 31.9 Å². The van der Waals surface area contributed by atoms with Gasteiger partial charge in [-0.05, 0) is 38.3 Å². The smallest absolute Gasteiger partial charge is 0.0840 e. The van der Waals surface area contributed by atoms with Crippen LogP contribution in [-0.4, -0.2) is 16.3 Å². The van der Waals surface area contributed by atoms with E-state index in [1.54, 1.807) is 20.8 Å². The first-order chi connectivity index (χ1) is 6.39. The minimum absolute atomic E-state index is 0.341. The van der Waals surface area contributed by atoms with Gasteiger partial charge in [0.2, 0.25) is 0 Å². The van der Waals surface area contributed by atoms with Crippen molar-refractivity contribution in [2.45, 2.75) is 38.9 Å². The Labute approximate surface area is 85.2 Å². The van der Waals surface area contributed by atoms with Gasteiger partial charge in [-0.3, -0.25) is 0 Å². The summed E-state index contributed by atoms with van der Waals surface area (Å²) >= 11 is 0. The van der Waals surface area contributed by atoms with Crippen LogP contribution in [-0.2, 0) is 12.0 Å². The monoisotopic (exact) mass is 194 g/mol. The topological polar surface area (TPSA) is 40.5 Å². The van der Waals surface area contributed by atoms with Gasteiger partial charge in [-0.15, -0.1) is 0 Å². The average molecular weight is 194 g/mol. The summed E-state index contributed by atoms with van der Waals surface area (Å²) < 4.78 is 0. The molecule has 1 rings (SSSR count). The molecule has 1 atom stereocenters. The summed E-state index contributed by atoms with van der Waals surface area (Å²) in [4.78, 5) is 0. The number of benzene rings is 1. The third-order valence-corrected chi connectivity index (χ3v) is 2.16. The SMILES string of the molecule is CC(O)Cc1cccc(C(C)(C)O)c1. The number of aliphatic hydroxyl groups excluding tert-OH is 1. The van der Waals surface area contributed by atoms with E-state index in [-0.39, 0.29) is 6.10 Å². The summed E-state index contributed by atoms with van der Waals surface area (Å²) in [7, 11) is 0. The summed E-state index contributed by atoms with van der Waals surface area (Å²) in [6.07, 6.45) is 0.288. The van der Waals surface area contributed by atoms with Gasteiger partial charge in [0.25, 0.3) is 0 Å². The fourth-order valence-corrected chi connectivity index (χ4v) is 1.42. The molecule has 0 spiro atoms. The first-order valence-electron chi connectivity index (χ1n) is 4.89. The molecule has 0 aliphatic heterocycles. The molecule has 1 aromatic rings. The number of hydrogen-bond donors (Lipinski definition) is 2. The average Bonchev–Trinajstić information content (AvgIpc) is 2.01. The van der Waals surface area contributed by atoms with Crippen LogP contribution in [0.15, 0.2) is 24.3 Å². The standard InChI is InChI=1S/C12H18O2/c1-9(13)7-10-5-4-6-11(8-10)12(2,3)14/h4-6,8-9,13-14H,7H2,1-3H3. The fourth-order valence-electron chi connectivity index (χ4n) is 1.42. The van der Waals surface area contributed by atoms with Crippen LogP contribution >= 0.6 is 0 Å². The third kappa shape index (κ3) is 3.13. The number of hydrogen-bond acceptors (Lipinski definition) is 2. The predicted octanol–water partition coefficient (Wildman–Crippen LogP) is 1.84. The minimum atomic E-state index is -0.811. The normalized spacial score (nSPS) is 14.1. The quantitative estimate of drug-likeness (QED) is 0.770. The lowest BCUT2D eigenvalue weighted by Crippen LogP contribution is -2.16. The lowest BCUT2D eigenvalue weighted by atomic mass is 9.95. The number of rotatable bonds is 3. The maximum atomic E-state index is 9.79. The molecule has 0 aromatic heterocycles. The van der Waals surface area contributed by atoms with Crippen LogP contribution in [0, 0.1) is 0 Å². The molecular formula is C12H18O2. The Hall–Kier alpha value is -0.860. The van der Waals surface area contributed by atoms with Gasteiger partial charge in [0, 0.05) is 0 Å². The Balaban J connectivity index is 2.90.